The molecule has 2 aliphatic carbocycles. The highest BCUT2D eigenvalue weighted by molar-refractivity contribution is 5.82. The molecule has 4 heteroatoms. The first-order valence-corrected chi connectivity index (χ1v) is 11.3. The topological polar surface area (TPSA) is 50.4 Å². The molecule has 2 saturated carbocycles. The molecule has 30 heavy (non-hydrogen) atoms. The SMILES string of the molecule is O[C@@H](c1c(C2CC2)ccc2cncn12)C1CCC(c2ccnc3ccccc23)CC1. The van der Waals surface area contributed by atoms with Gasteiger partial charge in [0.05, 0.1) is 35.4 Å². The van der Waals surface area contributed by atoms with E-state index in [1.807, 2.05) is 18.7 Å². The number of hydrogen-bond acceptors (Lipinski definition) is 3. The van der Waals surface area contributed by atoms with Crippen LogP contribution < -0.4 is 0 Å². The Kier molecular flexibility index (Phi) is 4.34. The van der Waals surface area contributed by atoms with Crippen LogP contribution in [0, 0.1) is 5.92 Å². The third-order valence-corrected chi connectivity index (χ3v) is 7.29. The quantitative estimate of drug-likeness (QED) is 0.476. The zero-order valence-corrected chi connectivity index (χ0v) is 17.1. The number of aromatic nitrogens is 3. The van der Waals surface area contributed by atoms with Crippen LogP contribution in [0.3, 0.4) is 0 Å². The van der Waals surface area contributed by atoms with Gasteiger partial charge in [0.25, 0.3) is 0 Å². The Balaban J connectivity index is 1.27. The maximum atomic E-state index is 11.5. The lowest BCUT2D eigenvalue weighted by molar-refractivity contribution is 0.0755. The molecule has 4 nitrogen and oxygen atoms in total. The Hall–Kier alpha value is -2.72. The molecule has 6 rings (SSSR count). The van der Waals surface area contributed by atoms with Gasteiger partial charge in [-0.2, -0.15) is 0 Å². The summed E-state index contributed by atoms with van der Waals surface area (Å²) in [6.07, 6.45) is 12.1. The molecular formula is C26H27N3O. The molecule has 152 valence electrons. The molecule has 1 aromatic carbocycles. The van der Waals surface area contributed by atoms with Crippen molar-refractivity contribution >= 4 is 16.4 Å². The summed E-state index contributed by atoms with van der Waals surface area (Å²) < 4.78 is 2.13. The second-order valence-electron chi connectivity index (χ2n) is 9.11. The molecule has 2 fully saturated rings. The van der Waals surface area contributed by atoms with Crippen LogP contribution in [0.2, 0.25) is 0 Å². The van der Waals surface area contributed by atoms with E-state index in [1.54, 1.807) is 0 Å². The van der Waals surface area contributed by atoms with E-state index >= 15 is 0 Å². The van der Waals surface area contributed by atoms with Crippen molar-refractivity contribution in [3.8, 4) is 0 Å². The Bertz CT molecular complexity index is 1200. The summed E-state index contributed by atoms with van der Waals surface area (Å²) in [5.41, 5.74) is 5.99. The highest BCUT2D eigenvalue weighted by Crippen LogP contribution is 2.47. The molecule has 0 aliphatic heterocycles. The highest BCUT2D eigenvalue weighted by Gasteiger charge is 2.34. The summed E-state index contributed by atoms with van der Waals surface area (Å²) in [7, 11) is 0. The molecule has 1 N–H and O–H groups in total. The van der Waals surface area contributed by atoms with Crippen LogP contribution in [0.5, 0.6) is 0 Å². The van der Waals surface area contributed by atoms with Crippen molar-refractivity contribution in [2.45, 2.75) is 56.5 Å². The molecular weight excluding hydrogens is 370 g/mol. The van der Waals surface area contributed by atoms with E-state index in [9.17, 15) is 5.11 Å². The first kappa shape index (κ1) is 18.1. The van der Waals surface area contributed by atoms with Crippen LogP contribution >= 0.6 is 0 Å². The summed E-state index contributed by atoms with van der Waals surface area (Å²) in [5, 5.41) is 12.8. The first-order valence-electron chi connectivity index (χ1n) is 11.3. The van der Waals surface area contributed by atoms with Crippen LogP contribution in [0.1, 0.15) is 73.3 Å². The zero-order valence-electron chi connectivity index (χ0n) is 17.1. The van der Waals surface area contributed by atoms with Gasteiger partial charge in [-0.25, -0.2) is 4.98 Å². The third-order valence-electron chi connectivity index (χ3n) is 7.29. The number of benzene rings is 1. The van der Waals surface area contributed by atoms with Gasteiger partial charge in [0.1, 0.15) is 0 Å². The number of hydrogen-bond donors (Lipinski definition) is 1. The molecule has 3 heterocycles. The number of pyridine rings is 2. The molecule has 0 bridgehead atoms. The summed E-state index contributed by atoms with van der Waals surface area (Å²) in [6, 6.07) is 15.0. The van der Waals surface area contributed by atoms with Crippen LogP contribution in [0.25, 0.3) is 16.4 Å². The molecule has 4 aromatic rings. The smallest absolute Gasteiger partial charge is 0.0995 e. The Morgan fingerprint density at radius 3 is 2.47 bits per heavy atom. The van der Waals surface area contributed by atoms with Gasteiger partial charge in [-0.3, -0.25) is 4.98 Å². The largest absolute Gasteiger partial charge is 0.387 e. The Morgan fingerprint density at radius 2 is 1.63 bits per heavy atom. The predicted molar refractivity (Wildman–Crippen MR) is 119 cm³/mol. The van der Waals surface area contributed by atoms with Crippen molar-refractivity contribution in [2.24, 2.45) is 5.92 Å². The maximum Gasteiger partial charge on any atom is 0.0995 e. The summed E-state index contributed by atoms with van der Waals surface area (Å²) in [4.78, 5) is 8.86. The molecule has 0 saturated heterocycles. The van der Waals surface area contributed by atoms with Gasteiger partial charge in [0.15, 0.2) is 0 Å². The minimum Gasteiger partial charge on any atom is -0.387 e. The van der Waals surface area contributed by atoms with Crippen LogP contribution in [0.15, 0.2) is 61.2 Å². The van der Waals surface area contributed by atoms with Gasteiger partial charge in [-0.15, -0.1) is 0 Å². The summed E-state index contributed by atoms with van der Waals surface area (Å²) in [5.74, 6) is 1.47. The van der Waals surface area contributed by atoms with E-state index in [1.165, 1.54) is 29.4 Å². The lowest BCUT2D eigenvalue weighted by atomic mass is 9.75. The van der Waals surface area contributed by atoms with Gasteiger partial charge < -0.3 is 9.51 Å². The van der Waals surface area contributed by atoms with E-state index in [0.717, 1.165) is 42.4 Å². The second-order valence-corrected chi connectivity index (χ2v) is 9.11. The number of nitrogens with zero attached hydrogens (tertiary/aromatic N) is 3. The standard InChI is InChI=1S/C26H27N3O/c30-26(25-22(18-5-6-18)12-11-20-15-27-16-29(20)25)19-9-7-17(8-10-19)21-13-14-28-24-4-2-1-3-23(21)24/h1-4,11-19,26,30H,5-10H2/t17?,19?,26-/m1/s1. The average molecular weight is 398 g/mol. The number of fused-ring (bicyclic) bond motifs is 2. The van der Waals surface area contributed by atoms with E-state index in [0.29, 0.717) is 17.8 Å². The van der Waals surface area contributed by atoms with E-state index in [-0.39, 0.29) is 0 Å². The van der Waals surface area contributed by atoms with Crippen molar-refractivity contribution in [3.63, 3.8) is 0 Å². The number of imidazole rings is 1. The van der Waals surface area contributed by atoms with E-state index < -0.39 is 6.10 Å². The first-order chi connectivity index (χ1) is 14.8. The average Bonchev–Trinajstić information content (AvgIpc) is 3.54. The molecule has 0 spiro atoms. The molecule has 0 amide bonds. The van der Waals surface area contributed by atoms with Crippen LogP contribution in [-0.4, -0.2) is 19.5 Å². The predicted octanol–water partition coefficient (Wildman–Crippen LogP) is 5.77. The summed E-state index contributed by atoms with van der Waals surface area (Å²) >= 11 is 0. The van der Waals surface area contributed by atoms with E-state index in [4.69, 9.17) is 0 Å². The minimum absolute atomic E-state index is 0.305. The van der Waals surface area contributed by atoms with Gasteiger partial charge in [-0.1, -0.05) is 24.3 Å². The monoisotopic (exact) mass is 397 g/mol. The fraction of sp³-hybridized carbons (Fsp3) is 0.385. The number of aliphatic hydroxyl groups excluding tert-OH is 1. The van der Waals surface area contributed by atoms with Gasteiger partial charge >= 0.3 is 0 Å². The van der Waals surface area contributed by atoms with Crippen molar-refractivity contribution < 1.29 is 5.11 Å². The fourth-order valence-corrected chi connectivity index (χ4v) is 5.53. The molecule has 0 unspecified atom stereocenters. The lowest BCUT2D eigenvalue weighted by Gasteiger charge is -2.33. The van der Waals surface area contributed by atoms with Crippen molar-refractivity contribution in [1.82, 2.24) is 14.4 Å². The number of para-hydroxylation sites is 1. The Labute approximate surface area is 176 Å². The fourth-order valence-electron chi connectivity index (χ4n) is 5.53. The minimum atomic E-state index is -0.423. The van der Waals surface area contributed by atoms with Crippen molar-refractivity contribution in [1.29, 1.82) is 0 Å². The Morgan fingerprint density at radius 1 is 0.867 bits per heavy atom. The number of rotatable bonds is 4. The molecule has 0 radical (unpaired) electrons. The molecule has 1 atom stereocenters. The highest BCUT2D eigenvalue weighted by atomic mass is 16.3. The van der Waals surface area contributed by atoms with Crippen LogP contribution in [-0.2, 0) is 0 Å². The normalized spacial score (nSPS) is 23.1. The van der Waals surface area contributed by atoms with Gasteiger partial charge in [-0.05, 0) is 85.6 Å². The third kappa shape index (κ3) is 3.02. The molecule has 3 aromatic heterocycles. The summed E-state index contributed by atoms with van der Waals surface area (Å²) in [6.45, 7) is 0. The van der Waals surface area contributed by atoms with Crippen molar-refractivity contribution in [2.75, 3.05) is 0 Å². The van der Waals surface area contributed by atoms with Gasteiger partial charge in [0.2, 0.25) is 0 Å². The van der Waals surface area contributed by atoms with Crippen LogP contribution in [0.4, 0.5) is 0 Å². The maximum absolute atomic E-state index is 11.5. The second kappa shape index (κ2) is 7.21. The van der Waals surface area contributed by atoms with Crippen molar-refractivity contribution in [3.05, 3.63) is 78.0 Å². The number of aliphatic hydroxyl groups is 1. The molecule has 2 aliphatic rings. The van der Waals surface area contributed by atoms with Gasteiger partial charge in [0, 0.05) is 11.6 Å². The van der Waals surface area contributed by atoms with E-state index in [2.05, 4.69) is 56.8 Å². The lowest BCUT2D eigenvalue weighted by Crippen LogP contribution is -2.22. The zero-order chi connectivity index (χ0) is 20.1.